The maximum Gasteiger partial charge on any atom is 0.327 e. The minimum absolute atomic E-state index is 0.0485. The van der Waals surface area contributed by atoms with Gasteiger partial charge in [0.2, 0.25) is 0 Å². The third-order valence-corrected chi connectivity index (χ3v) is 6.06. The SMILES string of the molecule is Cc1cc(N(C(C)C(=O)O)S(=O)(=O)c2ccc(Cl)cc2)ccc1Cl. The topological polar surface area (TPSA) is 74.7 Å². The summed E-state index contributed by atoms with van der Waals surface area (Å²) in [6.45, 7) is 3.02. The summed E-state index contributed by atoms with van der Waals surface area (Å²) in [7, 11) is -4.09. The predicted molar refractivity (Wildman–Crippen MR) is 94.4 cm³/mol. The number of nitrogens with zero attached hydrogens (tertiary/aromatic N) is 1. The summed E-state index contributed by atoms with van der Waals surface area (Å²) in [6, 6.07) is 8.79. The largest absolute Gasteiger partial charge is 0.480 e. The molecular weight excluding hydrogens is 373 g/mol. The lowest BCUT2D eigenvalue weighted by Crippen LogP contribution is -2.43. The minimum Gasteiger partial charge on any atom is -0.480 e. The van der Waals surface area contributed by atoms with Gasteiger partial charge in [-0.25, -0.2) is 13.2 Å². The summed E-state index contributed by atoms with van der Waals surface area (Å²) in [4.78, 5) is 11.4. The van der Waals surface area contributed by atoms with Crippen molar-refractivity contribution in [1.82, 2.24) is 0 Å². The van der Waals surface area contributed by atoms with Gasteiger partial charge < -0.3 is 5.11 Å². The molecule has 0 heterocycles. The van der Waals surface area contributed by atoms with Crippen LogP contribution in [0.15, 0.2) is 47.4 Å². The number of aliphatic carboxylic acids is 1. The Morgan fingerprint density at radius 3 is 2.21 bits per heavy atom. The highest BCUT2D eigenvalue weighted by atomic mass is 35.5. The average molecular weight is 388 g/mol. The Bertz CT molecular complexity index is 866. The summed E-state index contributed by atoms with van der Waals surface area (Å²) in [6.07, 6.45) is 0. The molecule has 0 fully saturated rings. The zero-order chi connectivity index (χ0) is 18.1. The zero-order valence-electron chi connectivity index (χ0n) is 12.9. The van der Waals surface area contributed by atoms with Gasteiger partial charge in [0, 0.05) is 10.0 Å². The fraction of sp³-hybridized carbons (Fsp3) is 0.188. The number of benzene rings is 2. The molecular formula is C16H15Cl2NO4S. The van der Waals surface area contributed by atoms with Crippen LogP contribution in [-0.4, -0.2) is 25.5 Å². The molecule has 0 aliphatic heterocycles. The number of carbonyl (C=O) groups is 1. The molecule has 0 radical (unpaired) electrons. The Morgan fingerprint density at radius 1 is 1.12 bits per heavy atom. The summed E-state index contributed by atoms with van der Waals surface area (Å²) in [5, 5.41) is 10.2. The molecule has 1 unspecified atom stereocenters. The molecule has 0 saturated carbocycles. The van der Waals surface area contributed by atoms with Crippen LogP contribution in [0.1, 0.15) is 12.5 Å². The normalized spacial score (nSPS) is 12.7. The van der Waals surface area contributed by atoms with Crippen LogP contribution in [0.4, 0.5) is 5.69 Å². The molecule has 0 aliphatic carbocycles. The van der Waals surface area contributed by atoms with Gasteiger partial charge in [0.05, 0.1) is 10.6 Å². The van der Waals surface area contributed by atoms with E-state index in [1.165, 1.54) is 49.4 Å². The van der Waals surface area contributed by atoms with Crippen molar-refractivity contribution in [3.05, 3.63) is 58.1 Å². The highest BCUT2D eigenvalue weighted by Crippen LogP contribution is 2.30. The lowest BCUT2D eigenvalue weighted by Gasteiger charge is -2.28. The number of rotatable bonds is 5. The number of hydrogen-bond acceptors (Lipinski definition) is 3. The van der Waals surface area contributed by atoms with E-state index in [1.54, 1.807) is 6.92 Å². The van der Waals surface area contributed by atoms with E-state index in [4.69, 9.17) is 23.2 Å². The van der Waals surface area contributed by atoms with Crippen LogP contribution < -0.4 is 4.31 Å². The van der Waals surface area contributed by atoms with Gasteiger partial charge in [0.15, 0.2) is 0 Å². The molecule has 1 atom stereocenters. The van der Waals surface area contributed by atoms with Crippen LogP contribution in [-0.2, 0) is 14.8 Å². The maximum absolute atomic E-state index is 13.0. The number of anilines is 1. The van der Waals surface area contributed by atoms with Crippen LogP contribution in [0.5, 0.6) is 0 Å². The van der Waals surface area contributed by atoms with E-state index in [0.717, 1.165) is 4.31 Å². The zero-order valence-corrected chi connectivity index (χ0v) is 15.2. The van der Waals surface area contributed by atoms with Gasteiger partial charge in [-0.2, -0.15) is 0 Å². The predicted octanol–water partition coefficient (Wildman–Crippen LogP) is 3.97. The minimum atomic E-state index is -4.09. The first-order valence-electron chi connectivity index (χ1n) is 6.93. The Balaban J connectivity index is 2.63. The third kappa shape index (κ3) is 3.66. The molecule has 5 nitrogen and oxygen atoms in total. The van der Waals surface area contributed by atoms with Crippen molar-refractivity contribution in [2.24, 2.45) is 0 Å². The molecule has 0 aromatic heterocycles. The monoisotopic (exact) mass is 387 g/mol. The standard InChI is InChI=1S/C16H15Cl2NO4S/c1-10-9-13(5-8-15(10)18)19(11(2)16(20)21)24(22,23)14-6-3-12(17)4-7-14/h3-9,11H,1-2H3,(H,20,21). The van der Waals surface area contributed by atoms with Crippen LogP contribution >= 0.6 is 23.2 Å². The lowest BCUT2D eigenvalue weighted by molar-refractivity contribution is -0.137. The van der Waals surface area contributed by atoms with Crippen LogP contribution in [0, 0.1) is 6.92 Å². The summed E-state index contributed by atoms with van der Waals surface area (Å²) in [5.74, 6) is -1.26. The highest BCUT2D eigenvalue weighted by Gasteiger charge is 2.33. The number of carboxylic acids is 1. The molecule has 2 rings (SSSR count). The van der Waals surface area contributed by atoms with Crippen molar-refractivity contribution < 1.29 is 18.3 Å². The first kappa shape index (κ1) is 18.6. The first-order valence-corrected chi connectivity index (χ1v) is 9.13. The summed E-state index contributed by atoms with van der Waals surface area (Å²) < 4.78 is 26.8. The van der Waals surface area contributed by atoms with Crippen molar-refractivity contribution in [1.29, 1.82) is 0 Å². The number of hydrogen-bond donors (Lipinski definition) is 1. The molecule has 24 heavy (non-hydrogen) atoms. The molecule has 0 amide bonds. The van der Waals surface area contributed by atoms with Crippen molar-refractivity contribution >= 4 is 44.9 Å². The molecule has 2 aromatic rings. The summed E-state index contributed by atoms with van der Waals surface area (Å²) in [5.41, 5.74) is 0.866. The van der Waals surface area contributed by atoms with E-state index in [1.807, 2.05) is 0 Å². The third-order valence-electron chi connectivity index (χ3n) is 3.48. The van der Waals surface area contributed by atoms with E-state index < -0.39 is 22.0 Å². The van der Waals surface area contributed by atoms with Crippen LogP contribution in [0.25, 0.3) is 0 Å². The Morgan fingerprint density at radius 2 is 1.71 bits per heavy atom. The van der Waals surface area contributed by atoms with E-state index in [2.05, 4.69) is 0 Å². The molecule has 1 N–H and O–H groups in total. The van der Waals surface area contributed by atoms with Crippen LogP contribution in [0.3, 0.4) is 0 Å². The molecule has 8 heteroatoms. The average Bonchev–Trinajstić information content (AvgIpc) is 2.51. The van der Waals surface area contributed by atoms with Gasteiger partial charge in [-0.15, -0.1) is 0 Å². The molecule has 2 aromatic carbocycles. The van der Waals surface area contributed by atoms with Crippen LogP contribution in [0.2, 0.25) is 10.0 Å². The first-order chi connectivity index (χ1) is 11.1. The van der Waals surface area contributed by atoms with Crippen molar-refractivity contribution in [2.75, 3.05) is 4.31 Å². The second-order valence-electron chi connectivity index (χ2n) is 5.20. The Hall–Kier alpha value is -1.76. The van der Waals surface area contributed by atoms with Gasteiger partial charge in [0.1, 0.15) is 6.04 Å². The number of carboxylic acid groups (broad SMARTS) is 1. The van der Waals surface area contributed by atoms with Gasteiger partial charge >= 0.3 is 5.97 Å². The molecule has 0 aliphatic rings. The molecule has 0 bridgehead atoms. The van der Waals surface area contributed by atoms with E-state index in [0.29, 0.717) is 15.6 Å². The highest BCUT2D eigenvalue weighted by molar-refractivity contribution is 7.92. The van der Waals surface area contributed by atoms with Gasteiger partial charge in [-0.05, 0) is 61.9 Å². The van der Waals surface area contributed by atoms with Crippen molar-refractivity contribution in [3.8, 4) is 0 Å². The Labute approximate surface area is 150 Å². The van der Waals surface area contributed by atoms with E-state index in [9.17, 15) is 18.3 Å². The fourth-order valence-corrected chi connectivity index (χ4v) is 4.01. The summed E-state index contributed by atoms with van der Waals surface area (Å²) >= 11 is 11.8. The number of sulfonamides is 1. The van der Waals surface area contributed by atoms with Gasteiger partial charge in [-0.3, -0.25) is 4.31 Å². The fourth-order valence-electron chi connectivity index (χ4n) is 2.16. The Kier molecular flexibility index (Phi) is 5.42. The van der Waals surface area contributed by atoms with E-state index >= 15 is 0 Å². The quantitative estimate of drug-likeness (QED) is 0.841. The van der Waals surface area contributed by atoms with Gasteiger partial charge in [-0.1, -0.05) is 23.2 Å². The number of aryl methyl sites for hydroxylation is 1. The molecule has 0 spiro atoms. The number of halogens is 2. The smallest absolute Gasteiger partial charge is 0.327 e. The van der Waals surface area contributed by atoms with Crippen molar-refractivity contribution in [2.45, 2.75) is 24.8 Å². The maximum atomic E-state index is 13.0. The molecule has 128 valence electrons. The lowest BCUT2D eigenvalue weighted by atomic mass is 10.2. The second kappa shape index (κ2) is 7.01. The van der Waals surface area contributed by atoms with Gasteiger partial charge in [0.25, 0.3) is 10.0 Å². The second-order valence-corrected chi connectivity index (χ2v) is 7.86. The van der Waals surface area contributed by atoms with E-state index in [-0.39, 0.29) is 10.6 Å². The molecule has 0 saturated heterocycles. The van der Waals surface area contributed by atoms with Crippen molar-refractivity contribution in [3.63, 3.8) is 0 Å².